The van der Waals surface area contributed by atoms with Crippen molar-refractivity contribution in [3.63, 3.8) is 0 Å². The molecule has 1 aliphatic rings. The third-order valence-corrected chi connectivity index (χ3v) is 6.21. The predicted molar refractivity (Wildman–Crippen MR) is 149 cm³/mol. The maximum atomic E-state index is 10.2. The molecule has 0 saturated carbocycles. The fraction of sp³-hybridized carbons (Fsp3) is 0.355. The molecule has 0 fully saturated rings. The molecule has 1 aliphatic heterocycles. The highest BCUT2D eigenvalue weighted by atomic mass is 16.7. The summed E-state index contributed by atoms with van der Waals surface area (Å²) in [4.78, 5) is 0. The molecule has 0 spiro atoms. The van der Waals surface area contributed by atoms with Gasteiger partial charge in [-0.25, -0.2) is 0 Å². The minimum atomic E-state index is -0.580. The number of aliphatic hydroxyl groups is 1. The zero-order chi connectivity index (χ0) is 26.9. The fourth-order valence-corrected chi connectivity index (χ4v) is 4.31. The summed E-state index contributed by atoms with van der Waals surface area (Å²) in [5.41, 5.74) is 5.48. The monoisotopic (exact) mass is 519 g/mol. The molecule has 38 heavy (non-hydrogen) atoms. The Morgan fingerprint density at radius 3 is 2.08 bits per heavy atom. The molecule has 3 aromatic carbocycles. The van der Waals surface area contributed by atoms with Crippen LogP contribution in [0.25, 0.3) is 11.1 Å². The van der Waals surface area contributed by atoms with Gasteiger partial charge in [0.05, 0.1) is 0 Å². The normalized spacial score (nSPS) is 13.8. The highest BCUT2D eigenvalue weighted by Gasteiger charge is 2.18. The molecule has 1 heterocycles. The molecule has 0 aromatic heterocycles. The first-order valence-corrected chi connectivity index (χ1v) is 13.0. The van der Waals surface area contributed by atoms with E-state index in [1.54, 1.807) is 7.11 Å². The highest BCUT2D eigenvalue weighted by Crippen LogP contribution is 2.40. The number of ether oxygens (including phenoxy) is 5. The van der Waals surface area contributed by atoms with Crippen LogP contribution in [0.15, 0.2) is 66.7 Å². The van der Waals surface area contributed by atoms with Crippen LogP contribution < -0.4 is 24.3 Å². The van der Waals surface area contributed by atoms with Gasteiger partial charge in [-0.2, -0.15) is 0 Å². The molecule has 0 bridgehead atoms. The van der Waals surface area contributed by atoms with Gasteiger partial charge < -0.3 is 34.1 Å². The Morgan fingerprint density at radius 2 is 1.47 bits per heavy atom. The molecule has 7 nitrogen and oxygen atoms in total. The van der Waals surface area contributed by atoms with Gasteiger partial charge in [0.15, 0.2) is 18.3 Å². The number of hydrogen-bond donors (Lipinski definition) is 2. The molecule has 1 unspecified atom stereocenters. The van der Waals surface area contributed by atoms with E-state index in [0.29, 0.717) is 18.3 Å². The van der Waals surface area contributed by atoms with Crippen LogP contribution in [0, 0.1) is 0 Å². The van der Waals surface area contributed by atoms with Crippen molar-refractivity contribution in [1.29, 1.82) is 0 Å². The number of benzene rings is 3. The van der Waals surface area contributed by atoms with Crippen molar-refractivity contribution in [2.75, 3.05) is 33.8 Å². The van der Waals surface area contributed by atoms with Crippen LogP contribution >= 0.6 is 0 Å². The van der Waals surface area contributed by atoms with E-state index in [1.807, 2.05) is 50.2 Å². The molecule has 4 rings (SSSR count). The van der Waals surface area contributed by atoms with Crippen molar-refractivity contribution < 1.29 is 28.8 Å². The molecule has 202 valence electrons. The molecule has 1 atom stereocenters. The lowest BCUT2D eigenvalue weighted by molar-refractivity contribution is 0.0511. The Balaban J connectivity index is 1.65. The summed E-state index contributed by atoms with van der Waals surface area (Å²) in [6, 6.07) is 22.4. The van der Waals surface area contributed by atoms with Gasteiger partial charge in [0, 0.05) is 19.7 Å². The predicted octanol–water partition coefficient (Wildman–Crippen LogP) is 5.50. The van der Waals surface area contributed by atoms with Crippen molar-refractivity contribution in [2.24, 2.45) is 0 Å². The van der Waals surface area contributed by atoms with E-state index < -0.39 is 6.10 Å². The summed E-state index contributed by atoms with van der Waals surface area (Å²) >= 11 is 0. The van der Waals surface area contributed by atoms with Crippen molar-refractivity contribution >= 4 is 11.1 Å². The average molecular weight is 520 g/mol. The fourth-order valence-electron chi connectivity index (χ4n) is 4.31. The number of fused-ring (bicyclic) bond motifs is 1. The van der Waals surface area contributed by atoms with Gasteiger partial charge in [0.1, 0.15) is 24.2 Å². The molecule has 3 aromatic rings. The van der Waals surface area contributed by atoms with Crippen molar-refractivity contribution in [3.8, 4) is 23.0 Å². The topological polar surface area (TPSA) is 78.4 Å². The van der Waals surface area contributed by atoms with Gasteiger partial charge in [0.2, 0.25) is 6.79 Å². The summed E-state index contributed by atoms with van der Waals surface area (Å²) in [6.07, 6.45) is 0.230. The van der Waals surface area contributed by atoms with E-state index in [0.717, 1.165) is 45.9 Å². The van der Waals surface area contributed by atoms with Crippen LogP contribution in [-0.4, -0.2) is 51.1 Å². The van der Waals surface area contributed by atoms with E-state index in [4.69, 9.17) is 23.7 Å². The minimum Gasteiger partial charge on any atom is -0.491 e. The van der Waals surface area contributed by atoms with Crippen LogP contribution in [0.2, 0.25) is 0 Å². The summed E-state index contributed by atoms with van der Waals surface area (Å²) in [5.74, 6) is 2.97. The number of methoxy groups -OCH3 is 1. The molecule has 0 aliphatic carbocycles. The van der Waals surface area contributed by atoms with E-state index in [2.05, 4.69) is 42.6 Å². The van der Waals surface area contributed by atoms with Crippen LogP contribution in [0.4, 0.5) is 0 Å². The Bertz CT molecular complexity index is 1200. The zero-order valence-electron chi connectivity index (χ0n) is 22.5. The van der Waals surface area contributed by atoms with E-state index in [9.17, 15) is 5.11 Å². The van der Waals surface area contributed by atoms with Crippen LogP contribution in [0.5, 0.6) is 23.0 Å². The Labute approximate surface area is 225 Å². The van der Waals surface area contributed by atoms with Crippen LogP contribution in [-0.2, 0) is 4.74 Å². The van der Waals surface area contributed by atoms with Gasteiger partial charge in [-0.05, 0) is 70.7 Å². The number of rotatable bonds is 13. The standard InChI is InChI=1S/C31H37NO6/c1-5-28(24-10-15-29-30(16-24)38-20-37-29)31(23-8-13-27(14-9-23)36-19-34-4)22-6-11-26(12-7-22)35-18-25(33)17-32-21(2)3/h6-16,21,25,32-33H,5,17-20H2,1-4H3. The second-order valence-electron chi connectivity index (χ2n) is 9.40. The number of hydrogen-bond acceptors (Lipinski definition) is 7. The molecule has 0 radical (unpaired) electrons. The van der Waals surface area contributed by atoms with Crippen molar-refractivity contribution in [2.45, 2.75) is 39.3 Å². The Hall–Kier alpha value is -3.52. The quantitative estimate of drug-likeness (QED) is 0.228. The summed E-state index contributed by atoms with van der Waals surface area (Å²) in [5, 5.41) is 13.4. The number of allylic oxidation sites excluding steroid dienone is 1. The molecular formula is C31H37NO6. The largest absolute Gasteiger partial charge is 0.491 e. The second-order valence-corrected chi connectivity index (χ2v) is 9.40. The average Bonchev–Trinajstić information content (AvgIpc) is 3.41. The first-order valence-electron chi connectivity index (χ1n) is 13.0. The lowest BCUT2D eigenvalue weighted by Gasteiger charge is -2.18. The molecule has 0 saturated heterocycles. The molecule has 2 N–H and O–H groups in total. The lowest BCUT2D eigenvalue weighted by Crippen LogP contribution is -2.35. The van der Waals surface area contributed by atoms with Gasteiger partial charge in [-0.15, -0.1) is 0 Å². The van der Waals surface area contributed by atoms with Gasteiger partial charge in [-0.3, -0.25) is 0 Å². The Morgan fingerprint density at radius 1 is 0.868 bits per heavy atom. The van der Waals surface area contributed by atoms with Gasteiger partial charge in [0.25, 0.3) is 0 Å². The molecular weight excluding hydrogens is 482 g/mol. The van der Waals surface area contributed by atoms with E-state index in [-0.39, 0.29) is 20.2 Å². The first-order chi connectivity index (χ1) is 18.5. The maximum Gasteiger partial charge on any atom is 0.231 e. The number of nitrogens with one attached hydrogen (secondary N) is 1. The molecule has 0 amide bonds. The second kappa shape index (κ2) is 13.3. The smallest absolute Gasteiger partial charge is 0.231 e. The third-order valence-electron chi connectivity index (χ3n) is 6.21. The summed E-state index contributed by atoms with van der Waals surface area (Å²) < 4.78 is 27.7. The SMILES string of the molecule is CCC(=C(c1ccc(OCOC)cc1)c1ccc(OCC(O)CNC(C)C)cc1)c1ccc2c(c1)OCO2. The molecule has 7 heteroatoms. The summed E-state index contributed by atoms with van der Waals surface area (Å²) in [6.45, 7) is 7.40. The maximum absolute atomic E-state index is 10.2. The van der Waals surface area contributed by atoms with Crippen molar-refractivity contribution in [1.82, 2.24) is 5.32 Å². The highest BCUT2D eigenvalue weighted by molar-refractivity contribution is 5.99. The first kappa shape index (κ1) is 27.5. The minimum absolute atomic E-state index is 0.198. The van der Waals surface area contributed by atoms with E-state index >= 15 is 0 Å². The lowest BCUT2D eigenvalue weighted by atomic mass is 9.88. The van der Waals surface area contributed by atoms with Crippen LogP contribution in [0.3, 0.4) is 0 Å². The van der Waals surface area contributed by atoms with Crippen molar-refractivity contribution in [3.05, 3.63) is 83.4 Å². The third kappa shape index (κ3) is 7.07. The van der Waals surface area contributed by atoms with Crippen LogP contribution in [0.1, 0.15) is 43.9 Å². The van der Waals surface area contributed by atoms with Gasteiger partial charge >= 0.3 is 0 Å². The Kier molecular flexibility index (Phi) is 9.65. The van der Waals surface area contributed by atoms with E-state index in [1.165, 1.54) is 5.57 Å². The zero-order valence-corrected chi connectivity index (χ0v) is 22.5. The number of aliphatic hydroxyl groups excluding tert-OH is 1. The summed E-state index contributed by atoms with van der Waals surface area (Å²) in [7, 11) is 1.60. The van der Waals surface area contributed by atoms with Gasteiger partial charge in [-0.1, -0.05) is 51.1 Å².